The molecule has 128 valence electrons. The summed E-state index contributed by atoms with van der Waals surface area (Å²) in [7, 11) is -1.82. The minimum Gasteiger partial charge on any atom is -0.544 e. The van der Waals surface area contributed by atoms with Crippen LogP contribution in [0, 0.1) is 0 Å². The summed E-state index contributed by atoms with van der Waals surface area (Å²) in [5, 5.41) is 0.167. The maximum absolute atomic E-state index is 12.1. The summed E-state index contributed by atoms with van der Waals surface area (Å²) in [6, 6.07) is 7.41. The van der Waals surface area contributed by atoms with Gasteiger partial charge in [0, 0.05) is 0 Å². The molecule has 2 rings (SSSR count). The second-order valence-electron chi connectivity index (χ2n) is 8.20. The van der Waals surface area contributed by atoms with Crippen LogP contribution in [-0.2, 0) is 16.0 Å². The molecule has 1 aromatic rings. The third-order valence-corrected chi connectivity index (χ3v) is 9.35. The third kappa shape index (κ3) is 4.22. The standard InChI is InChI=1S/C18H29NO3Si/c1-17(2,3)23(5,6)22-14-9-7-13(8-10-14)11-15(19)16(20)18(4)12-21-18/h7-10,15H,11-12,19H2,1-6H3/t15-,18+/m0/s1. The van der Waals surface area contributed by atoms with Gasteiger partial charge in [-0.1, -0.05) is 32.9 Å². The van der Waals surface area contributed by atoms with E-state index >= 15 is 0 Å². The zero-order valence-corrected chi connectivity index (χ0v) is 16.1. The predicted molar refractivity (Wildman–Crippen MR) is 95.3 cm³/mol. The third-order valence-electron chi connectivity index (χ3n) is 4.99. The molecule has 23 heavy (non-hydrogen) atoms. The van der Waals surface area contributed by atoms with Crippen molar-refractivity contribution in [3.05, 3.63) is 29.8 Å². The van der Waals surface area contributed by atoms with Gasteiger partial charge in [-0.15, -0.1) is 0 Å². The van der Waals surface area contributed by atoms with Crippen molar-refractivity contribution in [2.45, 2.75) is 63.9 Å². The van der Waals surface area contributed by atoms with Crippen molar-refractivity contribution in [3.8, 4) is 5.75 Å². The van der Waals surface area contributed by atoms with Crippen molar-refractivity contribution in [3.63, 3.8) is 0 Å². The summed E-state index contributed by atoms with van der Waals surface area (Å²) in [6.07, 6.45) is 0.526. The quantitative estimate of drug-likeness (QED) is 0.640. The van der Waals surface area contributed by atoms with E-state index < -0.39 is 20.0 Å². The first-order valence-corrected chi connectivity index (χ1v) is 11.1. The Labute approximate surface area is 140 Å². The van der Waals surface area contributed by atoms with Crippen molar-refractivity contribution >= 4 is 14.1 Å². The maximum atomic E-state index is 12.1. The molecule has 1 fully saturated rings. The SMILES string of the molecule is CC(C)(C)[Si](C)(C)Oc1ccc(C[C@H](N)C(=O)[C@@]2(C)CO2)cc1. The largest absolute Gasteiger partial charge is 0.544 e. The van der Waals surface area contributed by atoms with Gasteiger partial charge in [0.05, 0.1) is 12.6 Å². The molecule has 0 aromatic heterocycles. The Balaban J connectivity index is 1.98. The van der Waals surface area contributed by atoms with Crippen LogP contribution >= 0.6 is 0 Å². The molecule has 1 heterocycles. The van der Waals surface area contributed by atoms with E-state index in [4.69, 9.17) is 14.9 Å². The molecule has 2 atom stereocenters. The Bertz CT molecular complexity index is 571. The van der Waals surface area contributed by atoms with Gasteiger partial charge in [-0.25, -0.2) is 0 Å². The monoisotopic (exact) mass is 335 g/mol. The van der Waals surface area contributed by atoms with Crippen molar-refractivity contribution in [2.24, 2.45) is 5.73 Å². The Morgan fingerprint density at radius 1 is 1.35 bits per heavy atom. The highest BCUT2D eigenvalue weighted by molar-refractivity contribution is 6.74. The number of ether oxygens (including phenoxy) is 1. The molecule has 0 spiro atoms. The minimum atomic E-state index is -1.82. The lowest BCUT2D eigenvalue weighted by Crippen LogP contribution is -2.43. The molecule has 0 radical (unpaired) electrons. The summed E-state index contributed by atoms with van der Waals surface area (Å²) in [4.78, 5) is 12.1. The van der Waals surface area contributed by atoms with Crippen LogP contribution in [0.2, 0.25) is 18.1 Å². The van der Waals surface area contributed by atoms with Crippen molar-refractivity contribution < 1.29 is 14.0 Å². The van der Waals surface area contributed by atoms with Crippen molar-refractivity contribution in [2.75, 3.05) is 6.61 Å². The molecule has 1 aromatic carbocycles. The van der Waals surface area contributed by atoms with E-state index in [1.807, 2.05) is 24.3 Å². The number of Topliss-reactive ketones (excluding diaryl/α,β-unsaturated/α-hetero) is 1. The molecular weight excluding hydrogens is 306 g/mol. The average Bonchev–Trinajstić information content (AvgIpc) is 3.17. The summed E-state index contributed by atoms with van der Waals surface area (Å²) < 4.78 is 11.4. The topological polar surface area (TPSA) is 64.8 Å². The van der Waals surface area contributed by atoms with Crippen molar-refractivity contribution in [1.82, 2.24) is 0 Å². The maximum Gasteiger partial charge on any atom is 0.250 e. The Kier molecular flexibility index (Phi) is 4.77. The summed E-state index contributed by atoms with van der Waals surface area (Å²) >= 11 is 0. The fourth-order valence-electron chi connectivity index (χ4n) is 2.13. The first-order valence-electron chi connectivity index (χ1n) is 8.16. The highest BCUT2D eigenvalue weighted by atomic mass is 28.4. The van der Waals surface area contributed by atoms with Gasteiger partial charge in [-0.2, -0.15) is 0 Å². The minimum absolute atomic E-state index is 0.0147. The van der Waals surface area contributed by atoms with Crippen LogP contribution in [0.3, 0.4) is 0 Å². The second-order valence-corrected chi connectivity index (χ2v) is 12.9. The predicted octanol–water partition coefficient (Wildman–Crippen LogP) is 3.30. The molecule has 2 N–H and O–H groups in total. The fraction of sp³-hybridized carbons (Fsp3) is 0.611. The molecular formula is C18H29NO3Si. The van der Waals surface area contributed by atoms with Gasteiger partial charge < -0.3 is 14.9 Å². The second kappa shape index (κ2) is 6.04. The van der Waals surface area contributed by atoms with Crippen LogP contribution in [0.15, 0.2) is 24.3 Å². The number of hydrogen-bond acceptors (Lipinski definition) is 4. The molecule has 0 bridgehead atoms. The van der Waals surface area contributed by atoms with Gasteiger partial charge >= 0.3 is 0 Å². The van der Waals surface area contributed by atoms with Crippen molar-refractivity contribution in [1.29, 1.82) is 0 Å². The molecule has 5 heteroatoms. The average molecular weight is 336 g/mol. The van der Waals surface area contributed by atoms with Gasteiger partial charge in [0.15, 0.2) is 5.78 Å². The summed E-state index contributed by atoms with van der Waals surface area (Å²) in [5.74, 6) is 0.872. The Morgan fingerprint density at radius 2 is 1.87 bits per heavy atom. The van der Waals surface area contributed by atoms with Gasteiger partial charge in [0.2, 0.25) is 8.32 Å². The van der Waals surface area contributed by atoms with E-state index in [-0.39, 0.29) is 10.8 Å². The van der Waals surface area contributed by atoms with E-state index in [0.717, 1.165) is 11.3 Å². The molecule has 0 aliphatic carbocycles. The number of carbonyl (C=O) groups excluding carboxylic acids is 1. The molecule has 4 nitrogen and oxygen atoms in total. The van der Waals surface area contributed by atoms with Crippen LogP contribution in [0.5, 0.6) is 5.75 Å². The molecule has 0 unspecified atom stereocenters. The first kappa shape index (κ1) is 18.2. The number of rotatable bonds is 6. The lowest BCUT2D eigenvalue weighted by atomic mass is 9.96. The molecule has 1 saturated heterocycles. The van der Waals surface area contributed by atoms with E-state index in [2.05, 4.69) is 33.9 Å². The molecule has 0 amide bonds. The molecule has 1 aliphatic heterocycles. The number of benzene rings is 1. The van der Waals surface area contributed by atoms with Crippen LogP contribution in [-0.4, -0.2) is 32.4 Å². The fourth-order valence-corrected chi connectivity index (χ4v) is 3.16. The zero-order chi connectivity index (χ0) is 17.5. The zero-order valence-electron chi connectivity index (χ0n) is 15.1. The van der Waals surface area contributed by atoms with E-state index in [1.165, 1.54) is 0 Å². The highest BCUT2D eigenvalue weighted by Crippen LogP contribution is 2.37. The number of ketones is 1. The highest BCUT2D eigenvalue weighted by Gasteiger charge is 2.48. The van der Waals surface area contributed by atoms with Gasteiger partial charge in [0.1, 0.15) is 11.4 Å². The van der Waals surface area contributed by atoms with E-state index in [0.29, 0.717) is 13.0 Å². The normalized spacial score (nSPS) is 22.6. The summed E-state index contributed by atoms with van der Waals surface area (Å²) in [6.45, 7) is 13.4. The molecule has 1 aliphatic rings. The smallest absolute Gasteiger partial charge is 0.250 e. The lowest BCUT2D eigenvalue weighted by molar-refractivity contribution is -0.124. The van der Waals surface area contributed by atoms with Crippen LogP contribution in [0.4, 0.5) is 0 Å². The first-order chi connectivity index (χ1) is 10.4. The Morgan fingerprint density at radius 3 is 2.30 bits per heavy atom. The van der Waals surface area contributed by atoms with Gasteiger partial charge in [-0.05, 0) is 49.2 Å². The molecule has 0 saturated carbocycles. The van der Waals surface area contributed by atoms with E-state index in [1.54, 1.807) is 6.92 Å². The van der Waals surface area contributed by atoms with Gasteiger partial charge in [-0.3, -0.25) is 4.79 Å². The number of carbonyl (C=O) groups is 1. The number of epoxide rings is 1. The Hall–Kier alpha value is -1.17. The van der Waals surface area contributed by atoms with E-state index in [9.17, 15) is 4.79 Å². The van der Waals surface area contributed by atoms with Crippen LogP contribution in [0.25, 0.3) is 0 Å². The number of hydrogen-bond donors (Lipinski definition) is 1. The summed E-state index contributed by atoms with van der Waals surface area (Å²) in [5.41, 5.74) is 6.41. The van der Waals surface area contributed by atoms with Crippen LogP contribution in [0.1, 0.15) is 33.3 Å². The lowest BCUT2D eigenvalue weighted by Gasteiger charge is -2.36. The van der Waals surface area contributed by atoms with Crippen LogP contribution < -0.4 is 10.2 Å². The van der Waals surface area contributed by atoms with Gasteiger partial charge in [0.25, 0.3) is 0 Å². The number of nitrogens with two attached hydrogens (primary N) is 1.